The van der Waals surface area contributed by atoms with Crippen molar-refractivity contribution in [3.8, 4) is 11.5 Å². The molecule has 6 nitrogen and oxygen atoms in total. The zero-order valence-corrected chi connectivity index (χ0v) is 12.3. The van der Waals surface area contributed by atoms with E-state index in [0.717, 1.165) is 12.7 Å². The lowest BCUT2D eigenvalue weighted by Crippen LogP contribution is -2.00. The molecule has 6 heteroatoms. The molecule has 21 heavy (non-hydrogen) atoms. The van der Waals surface area contributed by atoms with Crippen LogP contribution >= 0.6 is 0 Å². The number of hydrogen-bond acceptors (Lipinski definition) is 6. The van der Waals surface area contributed by atoms with Gasteiger partial charge in [0.15, 0.2) is 23.9 Å². The van der Waals surface area contributed by atoms with Gasteiger partial charge in [0.25, 0.3) is 5.89 Å². The van der Waals surface area contributed by atoms with Crippen LogP contribution in [-0.2, 0) is 13.0 Å². The molecule has 0 aliphatic heterocycles. The highest BCUT2D eigenvalue weighted by Gasteiger charge is 2.11. The maximum Gasteiger partial charge on any atom is 0.264 e. The number of carbonyl (C=O) groups is 1. The Hall–Kier alpha value is -2.37. The number of ether oxygens (including phenoxy) is 2. The van der Waals surface area contributed by atoms with Crippen molar-refractivity contribution < 1.29 is 18.8 Å². The fraction of sp³-hybridized carbons (Fsp3) is 0.400. The summed E-state index contributed by atoms with van der Waals surface area (Å²) in [6.45, 7) is 4.33. The first kappa shape index (κ1) is 15.0. The third kappa shape index (κ3) is 4.05. The maximum absolute atomic E-state index is 10.7. The number of rotatable bonds is 7. The van der Waals surface area contributed by atoms with Gasteiger partial charge in [0, 0.05) is 12.0 Å². The summed E-state index contributed by atoms with van der Waals surface area (Å²) in [6, 6.07) is 4.94. The summed E-state index contributed by atoms with van der Waals surface area (Å²) >= 11 is 0. The summed E-state index contributed by atoms with van der Waals surface area (Å²) in [5, 5.41) is 3.89. The SMILES string of the molecule is COc1cc(C=O)ccc1OCc1nc(CC(C)C)no1. The minimum Gasteiger partial charge on any atom is -0.493 e. The van der Waals surface area contributed by atoms with Crippen LogP contribution in [0.1, 0.15) is 35.9 Å². The van der Waals surface area contributed by atoms with Gasteiger partial charge in [0.1, 0.15) is 6.29 Å². The van der Waals surface area contributed by atoms with Crippen molar-refractivity contribution in [2.24, 2.45) is 5.92 Å². The molecule has 0 saturated heterocycles. The topological polar surface area (TPSA) is 74.5 Å². The second-order valence-electron chi connectivity index (χ2n) is 5.02. The van der Waals surface area contributed by atoms with Crippen LogP contribution in [0, 0.1) is 5.92 Å². The van der Waals surface area contributed by atoms with Crippen molar-refractivity contribution in [1.29, 1.82) is 0 Å². The third-order valence-corrected chi connectivity index (χ3v) is 2.78. The smallest absolute Gasteiger partial charge is 0.264 e. The first-order chi connectivity index (χ1) is 10.1. The summed E-state index contributed by atoms with van der Waals surface area (Å²) in [5.41, 5.74) is 0.524. The van der Waals surface area contributed by atoms with E-state index >= 15 is 0 Å². The molecule has 0 aliphatic carbocycles. The molecule has 1 heterocycles. The molecule has 2 aromatic rings. The molecule has 0 unspecified atom stereocenters. The van der Waals surface area contributed by atoms with Crippen LogP contribution in [0.5, 0.6) is 11.5 Å². The Bertz CT molecular complexity index is 607. The molecule has 0 N–H and O–H groups in total. The Labute approximate surface area is 123 Å². The number of benzene rings is 1. The van der Waals surface area contributed by atoms with Gasteiger partial charge in [0.2, 0.25) is 0 Å². The quantitative estimate of drug-likeness (QED) is 0.730. The average Bonchev–Trinajstić information content (AvgIpc) is 2.91. The number of carbonyl (C=O) groups excluding carboxylic acids is 1. The summed E-state index contributed by atoms with van der Waals surface area (Å²) < 4.78 is 15.9. The van der Waals surface area contributed by atoms with Crippen LogP contribution in [0.2, 0.25) is 0 Å². The number of nitrogens with zero attached hydrogens (tertiary/aromatic N) is 2. The van der Waals surface area contributed by atoms with Crippen LogP contribution in [0.4, 0.5) is 0 Å². The van der Waals surface area contributed by atoms with Crippen molar-refractivity contribution in [2.45, 2.75) is 26.9 Å². The van der Waals surface area contributed by atoms with Crippen molar-refractivity contribution in [3.05, 3.63) is 35.5 Å². The molecule has 0 aliphatic rings. The van der Waals surface area contributed by atoms with E-state index in [9.17, 15) is 4.79 Å². The fourth-order valence-electron chi connectivity index (χ4n) is 1.81. The average molecular weight is 290 g/mol. The Morgan fingerprint density at radius 1 is 1.33 bits per heavy atom. The first-order valence-electron chi connectivity index (χ1n) is 6.70. The van der Waals surface area contributed by atoms with Crippen molar-refractivity contribution in [2.75, 3.05) is 7.11 Å². The molecule has 0 atom stereocenters. The van der Waals surface area contributed by atoms with Gasteiger partial charge in [-0.3, -0.25) is 4.79 Å². The van der Waals surface area contributed by atoms with E-state index < -0.39 is 0 Å². The predicted octanol–water partition coefficient (Wildman–Crippen LogP) is 2.67. The molecular formula is C15H18N2O4. The molecule has 0 spiro atoms. The van der Waals surface area contributed by atoms with E-state index in [2.05, 4.69) is 24.0 Å². The van der Waals surface area contributed by atoms with E-state index in [1.165, 1.54) is 7.11 Å². The molecule has 0 saturated carbocycles. The Balaban J connectivity index is 2.02. The molecule has 0 bridgehead atoms. The van der Waals surface area contributed by atoms with Crippen LogP contribution in [0.15, 0.2) is 22.7 Å². The van der Waals surface area contributed by atoms with Crippen LogP contribution in [-0.4, -0.2) is 23.5 Å². The molecular weight excluding hydrogens is 272 g/mol. The normalized spacial score (nSPS) is 10.7. The van der Waals surface area contributed by atoms with Crippen LogP contribution < -0.4 is 9.47 Å². The van der Waals surface area contributed by atoms with E-state index in [1.807, 2.05) is 0 Å². The summed E-state index contributed by atoms with van der Waals surface area (Å²) in [5.74, 6) is 2.56. The zero-order valence-electron chi connectivity index (χ0n) is 12.3. The van der Waals surface area contributed by atoms with E-state index in [0.29, 0.717) is 34.7 Å². The molecule has 112 valence electrons. The summed E-state index contributed by atoms with van der Waals surface area (Å²) in [4.78, 5) is 15.0. The van der Waals surface area contributed by atoms with Crippen molar-refractivity contribution in [1.82, 2.24) is 10.1 Å². The highest BCUT2D eigenvalue weighted by Crippen LogP contribution is 2.28. The van der Waals surface area contributed by atoms with Gasteiger partial charge in [-0.2, -0.15) is 4.98 Å². The molecule has 2 rings (SSSR count). The van der Waals surface area contributed by atoms with Gasteiger partial charge in [-0.15, -0.1) is 0 Å². The Morgan fingerprint density at radius 3 is 2.81 bits per heavy atom. The Morgan fingerprint density at radius 2 is 2.14 bits per heavy atom. The lowest BCUT2D eigenvalue weighted by Gasteiger charge is -2.09. The van der Waals surface area contributed by atoms with Gasteiger partial charge in [-0.25, -0.2) is 0 Å². The standard InChI is InChI=1S/C15H18N2O4/c1-10(2)6-14-16-15(21-17-14)9-20-12-5-4-11(8-18)7-13(12)19-3/h4-5,7-8,10H,6,9H2,1-3H3. The van der Waals surface area contributed by atoms with Crippen molar-refractivity contribution in [3.63, 3.8) is 0 Å². The van der Waals surface area contributed by atoms with Crippen molar-refractivity contribution >= 4 is 6.29 Å². The lowest BCUT2D eigenvalue weighted by molar-refractivity contribution is 0.112. The van der Waals surface area contributed by atoms with Gasteiger partial charge in [-0.05, 0) is 24.1 Å². The minimum absolute atomic E-state index is 0.155. The zero-order chi connectivity index (χ0) is 15.2. The molecule has 0 radical (unpaired) electrons. The second kappa shape index (κ2) is 6.88. The highest BCUT2D eigenvalue weighted by atomic mass is 16.5. The summed E-state index contributed by atoms with van der Waals surface area (Å²) in [7, 11) is 1.52. The minimum atomic E-state index is 0.155. The fourth-order valence-corrected chi connectivity index (χ4v) is 1.81. The van der Waals surface area contributed by atoms with Gasteiger partial charge < -0.3 is 14.0 Å². The maximum atomic E-state index is 10.7. The van der Waals surface area contributed by atoms with Gasteiger partial charge in [-0.1, -0.05) is 19.0 Å². The second-order valence-corrected chi connectivity index (χ2v) is 5.02. The summed E-state index contributed by atoms with van der Waals surface area (Å²) in [6.07, 6.45) is 1.52. The van der Waals surface area contributed by atoms with E-state index in [4.69, 9.17) is 14.0 Å². The largest absolute Gasteiger partial charge is 0.493 e. The molecule has 1 aromatic heterocycles. The van der Waals surface area contributed by atoms with E-state index in [-0.39, 0.29) is 6.61 Å². The van der Waals surface area contributed by atoms with Crippen LogP contribution in [0.3, 0.4) is 0 Å². The highest BCUT2D eigenvalue weighted by molar-refractivity contribution is 5.76. The predicted molar refractivity (Wildman–Crippen MR) is 75.6 cm³/mol. The number of aldehydes is 1. The number of hydrogen-bond donors (Lipinski definition) is 0. The molecule has 0 fully saturated rings. The number of methoxy groups -OCH3 is 1. The number of aromatic nitrogens is 2. The van der Waals surface area contributed by atoms with E-state index in [1.54, 1.807) is 18.2 Å². The van der Waals surface area contributed by atoms with Gasteiger partial charge >= 0.3 is 0 Å². The molecule has 1 aromatic carbocycles. The first-order valence-corrected chi connectivity index (χ1v) is 6.70. The van der Waals surface area contributed by atoms with Gasteiger partial charge in [0.05, 0.1) is 7.11 Å². The Kier molecular flexibility index (Phi) is 4.92. The van der Waals surface area contributed by atoms with Crippen LogP contribution in [0.25, 0.3) is 0 Å². The third-order valence-electron chi connectivity index (χ3n) is 2.78. The molecule has 0 amide bonds. The monoisotopic (exact) mass is 290 g/mol. The lowest BCUT2D eigenvalue weighted by atomic mass is 10.1.